The molecule has 1 heterocycles. The summed E-state index contributed by atoms with van der Waals surface area (Å²) in [5.41, 5.74) is 3.51. The van der Waals surface area contributed by atoms with Gasteiger partial charge in [0.1, 0.15) is 0 Å². The number of anilines is 1. The Labute approximate surface area is 142 Å². The molecule has 0 fully saturated rings. The maximum atomic E-state index is 12.5. The number of carbonyl (C=O) groups is 1. The predicted molar refractivity (Wildman–Crippen MR) is 94.7 cm³/mol. The molecule has 6 heteroatoms. The van der Waals surface area contributed by atoms with Crippen LogP contribution in [0.1, 0.15) is 30.3 Å². The van der Waals surface area contributed by atoms with Crippen molar-refractivity contribution >= 4 is 11.6 Å². The predicted octanol–water partition coefficient (Wildman–Crippen LogP) is 2.24. The fourth-order valence-corrected chi connectivity index (χ4v) is 2.65. The van der Waals surface area contributed by atoms with Crippen molar-refractivity contribution in [2.75, 3.05) is 18.5 Å². The second-order valence-corrected chi connectivity index (χ2v) is 6.11. The number of aromatic amines is 1. The molecule has 3 N–H and O–H groups in total. The Balaban J connectivity index is 2.05. The van der Waals surface area contributed by atoms with Gasteiger partial charge in [-0.25, -0.2) is 0 Å². The first-order valence-electron chi connectivity index (χ1n) is 8.21. The highest BCUT2D eigenvalue weighted by Gasteiger charge is 2.19. The molecule has 1 amide bonds. The van der Waals surface area contributed by atoms with Crippen LogP contribution in [0.15, 0.2) is 30.3 Å². The number of aliphatic hydroxyl groups is 1. The first-order valence-corrected chi connectivity index (χ1v) is 8.21. The number of rotatable bonds is 8. The first-order chi connectivity index (χ1) is 11.5. The molecule has 24 heavy (non-hydrogen) atoms. The lowest BCUT2D eigenvalue weighted by Crippen LogP contribution is -2.39. The average molecular weight is 330 g/mol. The fraction of sp³-hybridized carbons (Fsp3) is 0.444. The van der Waals surface area contributed by atoms with Crippen LogP contribution in [-0.2, 0) is 11.3 Å². The van der Waals surface area contributed by atoms with E-state index >= 15 is 0 Å². The summed E-state index contributed by atoms with van der Waals surface area (Å²) in [6.07, 6.45) is 0.629. The molecule has 130 valence electrons. The Kier molecular flexibility index (Phi) is 6.52. The number of aliphatic hydroxyl groups excluding tert-OH is 1. The number of aryl methyl sites for hydroxylation is 2. The number of benzene rings is 1. The average Bonchev–Trinajstić information content (AvgIpc) is 2.87. The van der Waals surface area contributed by atoms with Gasteiger partial charge in [-0.15, -0.1) is 0 Å². The number of amides is 1. The van der Waals surface area contributed by atoms with E-state index in [1.54, 1.807) is 0 Å². The molecule has 2 rings (SSSR count). The fourth-order valence-electron chi connectivity index (χ4n) is 2.65. The first kappa shape index (κ1) is 18.2. The van der Waals surface area contributed by atoms with Crippen molar-refractivity contribution in [1.29, 1.82) is 0 Å². The lowest BCUT2D eigenvalue weighted by atomic mass is 10.1. The Morgan fingerprint density at radius 3 is 2.62 bits per heavy atom. The number of hydrogen-bond acceptors (Lipinski definition) is 4. The van der Waals surface area contributed by atoms with Crippen molar-refractivity contribution in [2.24, 2.45) is 0 Å². The molecule has 2 aromatic rings. The molecule has 1 aromatic carbocycles. The summed E-state index contributed by atoms with van der Waals surface area (Å²) in [7, 11) is 0. The summed E-state index contributed by atoms with van der Waals surface area (Å²) in [6.45, 7) is 6.80. The van der Waals surface area contributed by atoms with E-state index in [-0.39, 0.29) is 25.1 Å². The van der Waals surface area contributed by atoms with E-state index in [0.717, 1.165) is 22.6 Å². The molecule has 0 aliphatic heterocycles. The van der Waals surface area contributed by atoms with Crippen molar-refractivity contribution in [3.05, 3.63) is 47.3 Å². The Bertz CT molecular complexity index is 635. The number of nitrogens with one attached hydrogen (secondary N) is 2. The Morgan fingerprint density at radius 2 is 2.04 bits per heavy atom. The SMILES string of the molecule is Cc1n[nH]c(C)c1NC(=O)CN(Cc1ccccc1)C(C)CCO. The van der Waals surface area contributed by atoms with Crippen LogP contribution in [0.4, 0.5) is 5.69 Å². The van der Waals surface area contributed by atoms with Gasteiger partial charge in [-0.2, -0.15) is 5.10 Å². The quantitative estimate of drug-likeness (QED) is 0.693. The van der Waals surface area contributed by atoms with E-state index in [1.807, 2.05) is 51.1 Å². The van der Waals surface area contributed by atoms with Crippen molar-refractivity contribution in [3.8, 4) is 0 Å². The highest BCUT2D eigenvalue weighted by Crippen LogP contribution is 2.17. The maximum Gasteiger partial charge on any atom is 0.238 e. The molecule has 0 saturated carbocycles. The van der Waals surface area contributed by atoms with Gasteiger partial charge >= 0.3 is 0 Å². The molecule has 6 nitrogen and oxygen atoms in total. The molecule has 0 aliphatic rings. The zero-order chi connectivity index (χ0) is 17.5. The van der Waals surface area contributed by atoms with E-state index in [1.165, 1.54) is 0 Å². The maximum absolute atomic E-state index is 12.5. The van der Waals surface area contributed by atoms with Crippen molar-refractivity contribution in [3.63, 3.8) is 0 Å². The zero-order valence-electron chi connectivity index (χ0n) is 14.5. The van der Waals surface area contributed by atoms with Gasteiger partial charge in [-0.3, -0.25) is 14.8 Å². The highest BCUT2D eigenvalue weighted by molar-refractivity contribution is 5.93. The molecular weight excluding hydrogens is 304 g/mol. The Hall–Kier alpha value is -2.18. The largest absolute Gasteiger partial charge is 0.396 e. The van der Waals surface area contributed by atoms with Crippen molar-refractivity contribution < 1.29 is 9.90 Å². The molecule has 1 aromatic heterocycles. The van der Waals surface area contributed by atoms with Gasteiger partial charge in [-0.05, 0) is 32.8 Å². The van der Waals surface area contributed by atoms with Crippen molar-refractivity contribution in [2.45, 2.75) is 39.8 Å². The Morgan fingerprint density at radius 1 is 1.33 bits per heavy atom. The molecule has 1 atom stereocenters. The highest BCUT2D eigenvalue weighted by atomic mass is 16.3. The van der Waals surface area contributed by atoms with Crippen LogP contribution in [0.5, 0.6) is 0 Å². The summed E-state index contributed by atoms with van der Waals surface area (Å²) in [6, 6.07) is 10.1. The second-order valence-electron chi connectivity index (χ2n) is 6.11. The standard InChI is InChI=1S/C18H26N4O2/c1-13(9-10-23)22(11-16-7-5-4-6-8-16)12-17(24)19-18-14(2)20-21-15(18)3/h4-8,13,23H,9-12H2,1-3H3,(H,19,24)(H,20,21). The summed E-state index contributed by atoms with van der Waals surface area (Å²) >= 11 is 0. The van der Waals surface area contributed by atoms with Crippen molar-refractivity contribution in [1.82, 2.24) is 15.1 Å². The number of nitrogens with zero attached hydrogens (tertiary/aromatic N) is 2. The number of carbonyl (C=O) groups excluding carboxylic acids is 1. The normalized spacial score (nSPS) is 12.4. The molecule has 0 saturated heterocycles. The van der Waals surface area contributed by atoms with E-state index in [4.69, 9.17) is 0 Å². The van der Waals surface area contributed by atoms with Crippen LogP contribution < -0.4 is 5.32 Å². The third-order valence-electron chi connectivity index (χ3n) is 4.14. The minimum absolute atomic E-state index is 0.0803. The molecule has 0 radical (unpaired) electrons. The minimum Gasteiger partial charge on any atom is -0.396 e. The van der Waals surface area contributed by atoms with E-state index in [9.17, 15) is 9.90 Å². The van der Waals surface area contributed by atoms with Gasteiger partial charge in [0.15, 0.2) is 0 Å². The van der Waals surface area contributed by atoms with E-state index in [2.05, 4.69) is 20.4 Å². The number of hydrogen-bond donors (Lipinski definition) is 3. The molecular formula is C18H26N4O2. The smallest absolute Gasteiger partial charge is 0.238 e. The second kappa shape index (κ2) is 8.61. The number of H-pyrrole nitrogens is 1. The molecule has 1 unspecified atom stereocenters. The minimum atomic E-state index is -0.0803. The van der Waals surface area contributed by atoms with Crippen LogP contribution in [0.3, 0.4) is 0 Å². The van der Waals surface area contributed by atoms with Gasteiger partial charge in [0, 0.05) is 19.2 Å². The third kappa shape index (κ3) is 4.91. The zero-order valence-corrected chi connectivity index (χ0v) is 14.5. The monoisotopic (exact) mass is 330 g/mol. The molecule has 0 spiro atoms. The van der Waals surface area contributed by atoms with Gasteiger partial charge in [0.2, 0.25) is 5.91 Å². The summed E-state index contributed by atoms with van der Waals surface area (Å²) in [5.74, 6) is -0.0803. The van der Waals surface area contributed by atoms with E-state index < -0.39 is 0 Å². The summed E-state index contributed by atoms with van der Waals surface area (Å²) < 4.78 is 0. The topological polar surface area (TPSA) is 81.2 Å². The van der Waals surface area contributed by atoms with Crippen LogP contribution in [0.2, 0.25) is 0 Å². The lowest BCUT2D eigenvalue weighted by molar-refractivity contribution is -0.118. The van der Waals surface area contributed by atoms with Crippen LogP contribution >= 0.6 is 0 Å². The van der Waals surface area contributed by atoms with Gasteiger partial charge in [0.25, 0.3) is 0 Å². The van der Waals surface area contributed by atoms with Crippen LogP contribution in [-0.4, -0.2) is 45.3 Å². The van der Waals surface area contributed by atoms with E-state index in [0.29, 0.717) is 13.0 Å². The van der Waals surface area contributed by atoms with Gasteiger partial charge in [0.05, 0.1) is 23.6 Å². The van der Waals surface area contributed by atoms with Crippen LogP contribution in [0, 0.1) is 13.8 Å². The lowest BCUT2D eigenvalue weighted by Gasteiger charge is -2.28. The summed E-state index contributed by atoms with van der Waals surface area (Å²) in [5, 5.41) is 19.1. The summed E-state index contributed by atoms with van der Waals surface area (Å²) in [4.78, 5) is 14.5. The van der Waals surface area contributed by atoms with Gasteiger partial charge < -0.3 is 10.4 Å². The molecule has 0 aliphatic carbocycles. The van der Waals surface area contributed by atoms with Crippen LogP contribution in [0.25, 0.3) is 0 Å². The molecule has 0 bridgehead atoms. The van der Waals surface area contributed by atoms with Gasteiger partial charge in [-0.1, -0.05) is 30.3 Å². The number of aromatic nitrogens is 2. The third-order valence-corrected chi connectivity index (χ3v) is 4.14.